The minimum atomic E-state index is -0.656. The number of carbonyl (C=O) groups is 1. The van der Waals surface area contributed by atoms with Crippen molar-refractivity contribution in [2.24, 2.45) is 5.92 Å². The number of esters is 1. The van der Waals surface area contributed by atoms with Crippen LogP contribution in [-0.2, 0) is 23.7 Å². The molecule has 0 radical (unpaired) electrons. The molecule has 5 atom stereocenters. The fourth-order valence-electron chi connectivity index (χ4n) is 3.75. The van der Waals surface area contributed by atoms with Gasteiger partial charge in [-0.2, -0.15) is 0 Å². The van der Waals surface area contributed by atoms with Crippen LogP contribution in [0, 0.1) is 5.92 Å². The minimum Gasteiger partial charge on any atom is -0.462 e. The Labute approximate surface area is 141 Å². The van der Waals surface area contributed by atoms with E-state index >= 15 is 0 Å². The zero-order chi connectivity index (χ0) is 16.9. The number of rotatable bonds is 4. The van der Waals surface area contributed by atoms with Crippen molar-refractivity contribution in [3.05, 3.63) is 35.9 Å². The molecule has 130 valence electrons. The topological polar surface area (TPSA) is 63.2 Å². The van der Waals surface area contributed by atoms with Crippen molar-refractivity contribution in [2.45, 2.75) is 50.2 Å². The van der Waals surface area contributed by atoms with Crippen LogP contribution in [0.4, 0.5) is 0 Å². The summed E-state index contributed by atoms with van der Waals surface area (Å²) in [5, 5.41) is 0. The average Bonchev–Trinajstić information content (AvgIpc) is 3.07. The van der Waals surface area contributed by atoms with Crippen LogP contribution >= 0.6 is 0 Å². The first-order valence-electron chi connectivity index (χ1n) is 8.24. The smallest absolute Gasteiger partial charge is 0.338 e. The Balaban J connectivity index is 1.41. The molecule has 2 heterocycles. The summed E-state index contributed by atoms with van der Waals surface area (Å²) in [6.07, 6.45) is -0.125. The summed E-state index contributed by atoms with van der Waals surface area (Å²) >= 11 is 0. The quantitative estimate of drug-likeness (QED) is 0.786. The lowest BCUT2D eigenvalue weighted by atomic mass is 10.1. The van der Waals surface area contributed by atoms with Gasteiger partial charge in [0.2, 0.25) is 0 Å². The van der Waals surface area contributed by atoms with E-state index in [0.29, 0.717) is 12.2 Å². The van der Waals surface area contributed by atoms with Crippen molar-refractivity contribution in [3.8, 4) is 0 Å². The van der Waals surface area contributed by atoms with Gasteiger partial charge in [0.05, 0.1) is 12.2 Å². The van der Waals surface area contributed by atoms with E-state index in [4.69, 9.17) is 23.7 Å². The molecule has 3 aliphatic rings. The van der Waals surface area contributed by atoms with Gasteiger partial charge in [0, 0.05) is 13.0 Å². The summed E-state index contributed by atoms with van der Waals surface area (Å²) in [5.74, 6) is -0.883. The molecule has 1 aromatic carbocycles. The van der Waals surface area contributed by atoms with Gasteiger partial charge in [-0.1, -0.05) is 18.2 Å². The SMILES string of the molecule is COC1O[C@@]2(C[C@@H]2COC(=O)c2ccccc2)C2OC(C)(C)OC12. The monoisotopic (exact) mass is 334 g/mol. The van der Waals surface area contributed by atoms with E-state index in [1.54, 1.807) is 19.2 Å². The van der Waals surface area contributed by atoms with Crippen molar-refractivity contribution in [2.75, 3.05) is 13.7 Å². The molecule has 6 heteroatoms. The second-order valence-corrected chi connectivity index (χ2v) is 7.06. The van der Waals surface area contributed by atoms with Crippen molar-refractivity contribution in [1.82, 2.24) is 0 Å². The van der Waals surface area contributed by atoms with E-state index in [-0.39, 0.29) is 24.1 Å². The summed E-state index contributed by atoms with van der Waals surface area (Å²) in [5.41, 5.74) is 0.0737. The summed E-state index contributed by atoms with van der Waals surface area (Å²) in [6.45, 7) is 4.08. The Kier molecular flexibility index (Phi) is 3.69. The molecule has 1 spiro atoms. The lowest BCUT2D eigenvalue weighted by molar-refractivity contribution is -0.235. The number of hydrogen-bond acceptors (Lipinski definition) is 6. The van der Waals surface area contributed by atoms with Gasteiger partial charge in [-0.3, -0.25) is 0 Å². The lowest BCUT2D eigenvalue weighted by Gasteiger charge is -2.24. The van der Waals surface area contributed by atoms with Gasteiger partial charge < -0.3 is 23.7 Å². The third-order valence-corrected chi connectivity index (χ3v) is 4.97. The van der Waals surface area contributed by atoms with Crippen LogP contribution in [0.15, 0.2) is 30.3 Å². The molecule has 0 N–H and O–H groups in total. The molecule has 1 aromatic rings. The van der Waals surface area contributed by atoms with E-state index in [9.17, 15) is 4.79 Å². The summed E-state index contributed by atoms with van der Waals surface area (Å²) in [7, 11) is 1.60. The van der Waals surface area contributed by atoms with Crippen LogP contribution in [0.5, 0.6) is 0 Å². The minimum absolute atomic E-state index is 0.0929. The molecule has 24 heavy (non-hydrogen) atoms. The van der Waals surface area contributed by atoms with Crippen LogP contribution in [0.25, 0.3) is 0 Å². The molecule has 2 saturated heterocycles. The van der Waals surface area contributed by atoms with Crippen LogP contribution in [0.3, 0.4) is 0 Å². The first-order chi connectivity index (χ1) is 11.5. The highest BCUT2D eigenvalue weighted by molar-refractivity contribution is 5.89. The Morgan fingerprint density at radius 2 is 1.96 bits per heavy atom. The van der Waals surface area contributed by atoms with Crippen molar-refractivity contribution in [1.29, 1.82) is 0 Å². The highest BCUT2D eigenvalue weighted by Gasteiger charge is 2.73. The van der Waals surface area contributed by atoms with Gasteiger partial charge in [-0.25, -0.2) is 4.79 Å². The Hall–Kier alpha value is -1.47. The zero-order valence-corrected chi connectivity index (χ0v) is 14.1. The predicted octanol–water partition coefficient (Wildman–Crippen LogP) is 2.12. The van der Waals surface area contributed by atoms with Gasteiger partial charge >= 0.3 is 5.97 Å². The lowest BCUT2D eigenvalue weighted by Crippen LogP contribution is -2.33. The zero-order valence-electron chi connectivity index (χ0n) is 14.1. The van der Waals surface area contributed by atoms with Gasteiger partial charge in [-0.05, 0) is 32.4 Å². The molecule has 3 fully saturated rings. The first kappa shape index (κ1) is 16.0. The second-order valence-electron chi connectivity index (χ2n) is 7.06. The first-order valence-corrected chi connectivity index (χ1v) is 8.24. The summed E-state index contributed by atoms with van der Waals surface area (Å²) < 4.78 is 28.9. The molecule has 3 unspecified atom stereocenters. The van der Waals surface area contributed by atoms with Crippen LogP contribution in [-0.4, -0.2) is 49.6 Å². The number of methoxy groups -OCH3 is 1. The molecule has 2 aliphatic heterocycles. The largest absolute Gasteiger partial charge is 0.462 e. The van der Waals surface area contributed by atoms with E-state index in [1.807, 2.05) is 32.0 Å². The number of fused-ring (bicyclic) bond motifs is 2. The van der Waals surface area contributed by atoms with Crippen molar-refractivity contribution in [3.63, 3.8) is 0 Å². The molecule has 1 saturated carbocycles. The standard InChI is InChI=1S/C18H22O6/c1-17(2)22-13-14(23-17)18(24-16(13)20-3)9-12(18)10-21-15(19)11-7-5-4-6-8-11/h4-8,12-14,16H,9-10H2,1-3H3/t12-,13?,14?,16?,18-/m1/s1. The van der Waals surface area contributed by atoms with Gasteiger partial charge in [0.1, 0.15) is 17.8 Å². The average molecular weight is 334 g/mol. The maximum absolute atomic E-state index is 12.1. The maximum Gasteiger partial charge on any atom is 0.338 e. The number of hydrogen-bond donors (Lipinski definition) is 0. The summed E-state index contributed by atoms with van der Waals surface area (Å²) in [6, 6.07) is 8.97. The van der Waals surface area contributed by atoms with E-state index in [2.05, 4.69) is 0 Å². The fraction of sp³-hybridized carbons (Fsp3) is 0.611. The van der Waals surface area contributed by atoms with E-state index in [1.165, 1.54) is 0 Å². The molecular weight excluding hydrogens is 312 g/mol. The number of carbonyl (C=O) groups excluding carboxylic acids is 1. The maximum atomic E-state index is 12.1. The van der Waals surface area contributed by atoms with Crippen LogP contribution < -0.4 is 0 Å². The summed E-state index contributed by atoms with van der Waals surface area (Å²) in [4.78, 5) is 12.1. The Bertz CT molecular complexity index is 630. The normalized spacial score (nSPS) is 39.0. The Morgan fingerprint density at radius 1 is 1.21 bits per heavy atom. The molecule has 1 aliphatic carbocycles. The molecule has 6 nitrogen and oxygen atoms in total. The van der Waals surface area contributed by atoms with Gasteiger partial charge in [0.15, 0.2) is 12.1 Å². The third kappa shape index (κ3) is 2.54. The Morgan fingerprint density at radius 3 is 2.67 bits per heavy atom. The van der Waals surface area contributed by atoms with Gasteiger partial charge in [0.25, 0.3) is 0 Å². The van der Waals surface area contributed by atoms with Crippen LogP contribution in [0.1, 0.15) is 30.6 Å². The molecule has 0 bridgehead atoms. The van der Waals surface area contributed by atoms with Crippen molar-refractivity contribution >= 4 is 5.97 Å². The molecule has 0 aromatic heterocycles. The highest BCUT2D eigenvalue weighted by atomic mass is 16.8. The second kappa shape index (κ2) is 5.52. The molecule has 4 rings (SSSR count). The predicted molar refractivity (Wildman–Crippen MR) is 83.3 cm³/mol. The third-order valence-electron chi connectivity index (χ3n) is 4.97. The molecular formula is C18H22O6. The van der Waals surface area contributed by atoms with Gasteiger partial charge in [-0.15, -0.1) is 0 Å². The van der Waals surface area contributed by atoms with Crippen LogP contribution in [0.2, 0.25) is 0 Å². The highest BCUT2D eigenvalue weighted by Crippen LogP contribution is 2.60. The number of ether oxygens (including phenoxy) is 5. The van der Waals surface area contributed by atoms with E-state index < -0.39 is 17.7 Å². The molecule has 0 amide bonds. The number of benzene rings is 1. The fourth-order valence-corrected chi connectivity index (χ4v) is 3.75. The van der Waals surface area contributed by atoms with Crippen molar-refractivity contribution < 1.29 is 28.5 Å². The van der Waals surface area contributed by atoms with E-state index in [0.717, 1.165) is 6.42 Å².